The van der Waals surface area contributed by atoms with Gasteiger partial charge in [0.2, 0.25) is 0 Å². The van der Waals surface area contributed by atoms with Crippen molar-refractivity contribution in [3.8, 4) is 11.3 Å². The second-order valence-electron chi connectivity index (χ2n) is 4.64. The average molecular weight is 249 g/mol. The molecule has 0 unspecified atom stereocenters. The molecular weight excluding hydrogens is 234 g/mol. The molecule has 6 nitrogen and oxygen atoms in total. The fourth-order valence-electron chi connectivity index (χ4n) is 1.80. The number of aromatic carboxylic acids is 1. The van der Waals surface area contributed by atoms with Gasteiger partial charge in [-0.3, -0.25) is 4.68 Å². The SMILES string of the molecule is CC(C)Cc1onc(-c2cnn(C)c2)c1C(=O)O. The van der Waals surface area contributed by atoms with E-state index in [9.17, 15) is 9.90 Å². The largest absolute Gasteiger partial charge is 0.477 e. The molecule has 0 aromatic carbocycles. The topological polar surface area (TPSA) is 81.2 Å². The Hall–Kier alpha value is -2.11. The smallest absolute Gasteiger partial charge is 0.341 e. The Morgan fingerprint density at radius 2 is 2.28 bits per heavy atom. The molecule has 0 amide bonds. The first kappa shape index (κ1) is 12.3. The number of carbonyl (C=O) groups is 1. The summed E-state index contributed by atoms with van der Waals surface area (Å²) in [5.74, 6) is -0.306. The molecule has 0 aliphatic heterocycles. The lowest BCUT2D eigenvalue weighted by Gasteiger charge is -2.01. The fraction of sp³-hybridized carbons (Fsp3) is 0.417. The fourth-order valence-corrected chi connectivity index (χ4v) is 1.80. The molecule has 0 saturated heterocycles. The maximum atomic E-state index is 11.3. The van der Waals surface area contributed by atoms with Crippen LogP contribution in [0.4, 0.5) is 0 Å². The van der Waals surface area contributed by atoms with E-state index in [-0.39, 0.29) is 5.56 Å². The first-order valence-corrected chi connectivity index (χ1v) is 5.70. The lowest BCUT2D eigenvalue weighted by molar-refractivity contribution is 0.0695. The molecule has 0 radical (unpaired) electrons. The third-order valence-electron chi connectivity index (χ3n) is 2.55. The molecule has 2 heterocycles. The summed E-state index contributed by atoms with van der Waals surface area (Å²) in [6.07, 6.45) is 3.84. The Labute approximate surface area is 104 Å². The van der Waals surface area contributed by atoms with Crippen molar-refractivity contribution in [3.63, 3.8) is 0 Å². The first-order valence-electron chi connectivity index (χ1n) is 5.70. The lowest BCUT2D eigenvalue weighted by atomic mass is 10.0. The maximum Gasteiger partial charge on any atom is 0.341 e. The minimum absolute atomic E-state index is 0.136. The maximum absolute atomic E-state index is 11.3. The molecule has 0 saturated carbocycles. The van der Waals surface area contributed by atoms with Crippen molar-refractivity contribution >= 4 is 5.97 Å². The Bertz CT molecular complexity index is 569. The number of hydrogen-bond acceptors (Lipinski definition) is 4. The molecule has 0 aliphatic rings. The van der Waals surface area contributed by atoms with Gasteiger partial charge in [0, 0.05) is 25.2 Å². The van der Waals surface area contributed by atoms with E-state index in [1.807, 2.05) is 13.8 Å². The summed E-state index contributed by atoms with van der Waals surface area (Å²) < 4.78 is 6.76. The van der Waals surface area contributed by atoms with E-state index in [4.69, 9.17) is 4.52 Å². The summed E-state index contributed by atoms with van der Waals surface area (Å²) >= 11 is 0. The van der Waals surface area contributed by atoms with Gasteiger partial charge in [0.1, 0.15) is 11.3 Å². The van der Waals surface area contributed by atoms with E-state index in [0.717, 1.165) is 0 Å². The summed E-state index contributed by atoms with van der Waals surface area (Å²) in [7, 11) is 1.76. The van der Waals surface area contributed by atoms with Crippen molar-refractivity contribution in [1.29, 1.82) is 0 Å². The lowest BCUT2D eigenvalue weighted by Crippen LogP contribution is -2.03. The van der Waals surface area contributed by atoms with Crippen molar-refractivity contribution in [3.05, 3.63) is 23.7 Å². The average Bonchev–Trinajstić information content (AvgIpc) is 2.83. The van der Waals surface area contributed by atoms with Crippen LogP contribution in [0.1, 0.15) is 30.0 Å². The van der Waals surface area contributed by atoms with Crippen LogP contribution in [-0.4, -0.2) is 26.0 Å². The number of carboxylic acid groups (broad SMARTS) is 1. The van der Waals surface area contributed by atoms with Gasteiger partial charge in [0.05, 0.1) is 6.20 Å². The van der Waals surface area contributed by atoms with E-state index in [2.05, 4.69) is 10.3 Å². The van der Waals surface area contributed by atoms with E-state index < -0.39 is 5.97 Å². The number of rotatable bonds is 4. The van der Waals surface area contributed by atoms with E-state index >= 15 is 0 Å². The zero-order chi connectivity index (χ0) is 13.3. The number of nitrogens with zero attached hydrogens (tertiary/aromatic N) is 3. The van der Waals surface area contributed by atoms with Crippen LogP contribution in [-0.2, 0) is 13.5 Å². The van der Waals surface area contributed by atoms with Crippen LogP contribution in [0.2, 0.25) is 0 Å². The van der Waals surface area contributed by atoms with E-state index in [1.165, 1.54) is 0 Å². The molecule has 1 N–H and O–H groups in total. The highest BCUT2D eigenvalue weighted by molar-refractivity contribution is 5.95. The van der Waals surface area contributed by atoms with Gasteiger partial charge in [-0.2, -0.15) is 5.10 Å². The second kappa shape index (κ2) is 4.64. The Morgan fingerprint density at radius 1 is 1.56 bits per heavy atom. The summed E-state index contributed by atoms with van der Waals surface area (Å²) in [6, 6.07) is 0. The second-order valence-corrected chi connectivity index (χ2v) is 4.64. The molecule has 2 rings (SSSR count). The normalized spacial score (nSPS) is 11.1. The van der Waals surface area contributed by atoms with Crippen molar-refractivity contribution in [1.82, 2.24) is 14.9 Å². The van der Waals surface area contributed by atoms with Gasteiger partial charge in [-0.05, 0) is 5.92 Å². The molecule has 2 aromatic heterocycles. The molecule has 96 valence electrons. The minimum Gasteiger partial charge on any atom is -0.477 e. The quantitative estimate of drug-likeness (QED) is 0.895. The highest BCUT2D eigenvalue weighted by Crippen LogP contribution is 2.26. The summed E-state index contributed by atoms with van der Waals surface area (Å²) in [4.78, 5) is 11.3. The molecular formula is C12H15N3O3. The third kappa shape index (κ3) is 2.27. The van der Waals surface area contributed by atoms with Crippen LogP contribution in [0.25, 0.3) is 11.3 Å². The third-order valence-corrected chi connectivity index (χ3v) is 2.55. The van der Waals surface area contributed by atoms with Gasteiger partial charge in [-0.1, -0.05) is 19.0 Å². The standard InChI is InChI=1S/C12H15N3O3/c1-7(2)4-9-10(12(16)17)11(14-18-9)8-5-13-15(3)6-8/h5-7H,4H2,1-3H3,(H,16,17). The monoisotopic (exact) mass is 249 g/mol. The van der Waals surface area contributed by atoms with Gasteiger partial charge in [0.15, 0.2) is 5.76 Å². The summed E-state index contributed by atoms with van der Waals surface area (Å²) in [5, 5.41) is 17.2. The first-order chi connectivity index (χ1) is 8.49. The van der Waals surface area contributed by atoms with Crippen LogP contribution in [0.15, 0.2) is 16.9 Å². The highest BCUT2D eigenvalue weighted by Gasteiger charge is 2.24. The van der Waals surface area contributed by atoms with E-state index in [0.29, 0.717) is 29.4 Å². The predicted octanol–water partition coefficient (Wildman–Crippen LogP) is 1.97. The molecule has 0 spiro atoms. The summed E-state index contributed by atoms with van der Waals surface area (Å²) in [6.45, 7) is 4.00. The van der Waals surface area contributed by atoms with Crippen molar-refractivity contribution in [2.75, 3.05) is 0 Å². The number of aryl methyl sites for hydroxylation is 1. The van der Waals surface area contributed by atoms with Gasteiger partial charge >= 0.3 is 5.97 Å². The van der Waals surface area contributed by atoms with Crippen LogP contribution in [0.5, 0.6) is 0 Å². The molecule has 0 bridgehead atoms. The Balaban J connectivity index is 2.48. The van der Waals surface area contributed by atoms with E-state index in [1.54, 1.807) is 24.1 Å². The van der Waals surface area contributed by atoms with Crippen LogP contribution in [0.3, 0.4) is 0 Å². The predicted molar refractivity (Wildman–Crippen MR) is 64.2 cm³/mol. The Morgan fingerprint density at radius 3 is 2.78 bits per heavy atom. The molecule has 2 aromatic rings. The van der Waals surface area contributed by atoms with Crippen LogP contribution in [0, 0.1) is 5.92 Å². The molecule has 0 atom stereocenters. The zero-order valence-electron chi connectivity index (χ0n) is 10.5. The van der Waals surface area contributed by atoms with Crippen LogP contribution < -0.4 is 0 Å². The van der Waals surface area contributed by atoms with Crippen molar-refractivity contribution in [2.45, 2.75) is 20.3 Å². The Kier molecular flexibility index (Phi) is 3.18. The highest BCUT2D eigenvalue weighted by atomic mass is 16.5. The zero-order valence-corrected chi connectivity index (χ0v) is 10.5. The van der Waals surface area contributed by atoms with Gasteiger partial charge in [0.25, 0.3) is 0 Å². The molecule has 0 aliphatic carbocycles. The molecule has 18 heavy (non-hydrogen) atoms. The number of hydrogen-bond donors (Lipinski definition) is 1. The number of carboxylic acids is 1. The van der Waals surface area contributed by atoms with Crippen LogP contribution >= 0.6 is 0 Å². The summed E-state index contributed by atoms with van der Waals surface area (Å²) in [5.41, 5.74) is 1.12. The van der Waals surface area contributed by atoms with Crippen molar-refractivity contribution in [2.24, 2.45) is 13.0 Å². The van der Waals surface area contributed by atoms with Gasteiger partial charge in [-0.25, -0.2) is 4.79 Å². The molecule has 6 heteroatoms. The molecule has 0 fully saturated rings. The van der Waals surface area contributed by atoms with Gasteiger partial charge in [-0.15, -0.1) is 0 Å². The van der Waals surface area contributed by atoms with Crippen molar-refractivity contribution < 1.29 is 14.4 Å². The van der Waals surface area contributed by atoms with Gasteiger partial charge < -0.3 is 9.63 Å². The minimum atomic E-state index is -1.02. The number of aromatic nitrogens is 3.